The van der Waals surface area contributed by atoms with Crippen molar-refractivity contribution < 1.29 is 9.32 Å². The maximum atomic E-state index is 11.9. The van der Waals surface area contributed by atoms with E-state index in [2.05, 4.69) is 22.0 Å². The molecule has 19 heavy (non-hydrogen) atoms. The Hall–Kier alpha value is -1.85. The maximum absolute atomic E-state index is 11.9. The van der Waals surface area contributed by atoms with Crippen LogP contribution >= 0.6 is 0 Å². The summed E-state index contributed by atoms with van der Waals surface area (Å²) < 4.78 is 4.98. The summed E-state index contributed by atoms with van der Waals surface area (Å²) in [5.41, 5.74) is 0. The van der Waals surface area contributed by atoms with Gasteiger partial charge in [0.25, 0.3) is 0 Å². The van der Waals surface area contributed by atoms with Gasteiger partial charge in [0.1, 0.15) is 0 Å². The van der Waals surface area contributed by atoms with Crippen LogP contribution in [0.5, 0.6) is 0 Å². The average molecular weight is 264 g/mol. The number of carbonyl (C=O) groups is 1. The van der Waals surface area contributed by atoms with E-state index >= 15 is 0 Å². The largest absolute Gasteiger partial charge is 0.339 e. The van der Waals surface area contributed by atoms with Crippen molar-refractivity contribution in [3.8, 4) is 0 Å². The number of rotatable bonds is 4. The van der Waals surface area contributed by atoms with Gasteiger partial charge < -0.3 is 14.7 Å². The number of urea groups is 1. The molecule has 1 fully saturated rings. The molecule has 1 aromatic heterocycles. The van der Waals surface area contributed by atoms with Gasteiger partial charge in [0.05, 0.1) is 0 Å². The SMILES string of the molecule is C=CC1CCN(C(=O)NCCc2nc(C)no2)CC1. The lowest BCUT2D eigenvalue weighted by Gasteiger charge is -2.30. The Morgan fingerprint density at radius 3 is 2.89 bits per heavy atom. The van der Waals surface area contributed by atoms with Crippen molar-refractivity contribution in [2.24, 2.45) is 5.92 Å². The highest BCUT2D eigenvalue weighted by Gasteiger charge is 2.20. The first kappa shape index (κ1) is 13.6. The molecule has 1 aliphatic rings. The van der Waals surface area contributed by atoms with E-state index in [-0.39, 0.29) is 6.03 Å². The molecule has 0 aromatic carbocycles. The van der Waals surface area contributed by atoms with E-state index in [1.807, 2.05) is 11.0 Å². The summed E-state index contributed by atoms with van der Waals surface area (Å²) in [6.07, 6.45) is 4.54. The Kier molecular flexibility index (Phi) is 4.54. The van der Waals surface area contributed by atoms with Crippen LogP contribution in [0.1, 0.15) is 24.6 Å². The smallest absolute Gasteiger partial charge is 0.317 e. The molecule has 1 aliphatic heterocycles. The topological polar surface area (TPSA) is 71.3 Å². The zero-order chi connectivity index (χ0) is 13.7. The summed E-state index contributed by atoms with van der Waals surface area (Å²) in [4.78, 5) is 17.8. The van der Waals surface area contributed by atoms with Gasteiger partial charge in [-0.15, -0.1) is 6.58 Å². The van der Waals surface area contributed by atoms with Crippen LogP contribution < -0.4 is 5.32 Å². The number of aryl methyl sites for hydroxylation is 1. The van der Waals surface area contributed by atoms with Crippen LogP contribution in [0.15, 0.2) is 17.2 Å². The minimum atomic E-state index is -0.0150. The number of likely N-dealkylation sites (tertiary alicyclic amines) is 1. The van der Waals surface area contributed by atoms with Gasteiger partial charge in [-0.05, 0) is 25.7 Å². The molecule has 2 heterocycles. The molecule has 1 N–H and O–H groups in total. The molecule has 6 nitrogen and oxygen atoms in total. The van der Waals surface area contributed by atoms with Crippen LogP contribution in [-0.2, 0) is 6.42 Å². The van der Waals surface area contributed by atoms with Crippen molar-refractivity contribution in [3.63, 3.8) is 0 Å². The van der Waals surface area contributed by atoms with Crippen molar-refractivity contribution in [1.29, 1.82) is 0 Å². The second kappa shape index (κ2) is 6.36. The number of piperidine rings is 1. The number of allylic oxidation sites excluding steroid dienone is 1. The highest BCUT2D eigenvalue weighted by Crippen LogP contribution is 2.17. The molecule has 6 heteroatoms. The van der Waals surface area contributed by atoms with E-state index < -0.39 is 0 Å². The number of nitrogens with zero attached hydrogens (tertiary/aromatic N) is 3. The van der Waals surface area contributed by atoms with Gasteiger partial charge in [-0.25, -0.2) is 4.79 Å². The molecule has 0 spiro atoms. The standard InChI is InChI=1S/C13H20N4O2/c1-3-11-5-8-17(9-6-11)13(18)14-7-4-12-15-10(2)16-19-12/h3,11H,1,4-9H2,2H3,(H,14,18). The van der Waals surface area contributed by atoms with Crippen molar-refractivity contribution in [2.45, 2.75) is 26.2 Å². The van der Waals surface area contributed by atoms with Crippen LogP contribution in [0.2, 0.25) is 0 Å². The molecule has 0 bridgehead atoms. The predicted molar refractivity (Wildman–Crippen MR) is 70.6 cm³/mol. The first-order chi connectivity index (χ1) is 9.19. The molecule has 2 amide bonds. The molecule has 1 saturated heterocycles. The lowest BCUT2D eigenvalue weighted by Crippen LogP contribution is -2.44. The zero-order valence-electron chi connectivity index (χ0n) is 11.3. The quantitative estimate of drug-likeness (QED) is 0.837. The Morgan fingerprint density at radius 1 is 1.58 bits per heavy atom. The third kappa shape index (κ3) is 3.81. The van der Waals surface area contributed by atoms with Gasteiger partial charge in [-0.2, -0.15) is 4.98 Å². The normalized spacial score (nSPS) is 16.4. The van der Waals surface area contributed by atoms with E-state index in [9.17, 15) is 4.79 Å². The summed E-state index contributed by atoms with van der Waals surface area (Å²) in [5, 5.41) is 6.58. The monoisotopic (exact) mass is 264 g/mol. The molecule has 0 saturated carbocycles. The summed E-state index contributed by atoms with van der Waals surface area (Å²) in [7, 11) is 0. The lowest BCUT2D eigenvalue weighted by atomic mass is 9.97. The number of nitrogens with one attached hydrogen (secondary N) is 1. The van der Waals surface area contributed by atoms with Gasteiger partial charge >= 0.3 is 6.03 Å². The second-order valence-electron chi connectivity index (χ2n) is 4.78. The fourth-order valence-electron chi connectivity index (χ4n) is 2.17. The third-order valence-electron chi connectivity index (χ3n) is 3.34. The Labute approximate surface area is 112 Å². The van der Waals surface area contributed by atoms with Crippen molar-refractivity contribution in [2.75, 3.05) is 19.6 Å². The summed E-state index contributed by atoms with van der Waals surface area (Å²) in [5.74, 6) is 1.72. The van der Waals surface area contributed by atoms with E-state index in [4.69, 9.17) is 4.52 Å². The molecule has 0 atom stereocenters. The lowest BCUT2D eigenvalue weighted by molar-refractivity contribution is 0.178. The fraction of sp³-hybridized carbons (Fsp3) is 0.615. The number of amides is 2. The number of carbonyl (C=O) groups excluding carboxylic acids is 1. The number of hydrogen-bond acceptors (Lipinski definition) is 4. The molecule has 104 valence electrons. The van der Waals surface area contributed by atoms with Crippen molar-refractivity contribution in [3.05, 3.63) is 24.4 Å². The molecular weight excluding hydrogens is 244 g/mol. The van der Waals surface area contributed by atoms with Crippen LogP contribution in [0, 0.1) is 12.8 Å². The highest BCUT2D eigenvalue weighted by molar-refractivity contribution is 5.74. The Balaban J connectivity index is 1.68. The van der Waals surface area contributed by atoms with Gasteiger partial charge in [0.2, 0.25) is 5.89 Å². The molecular formula is C13H20N4O2. The zero-order valence-corrected chi connectivity index (χ0v) is 11.3. The second-order valence-corrected chi connectivity index (χ2v) is 4.78. The minimum absolute atomic E-state index is 0.0150. The third-order valence-corrected chi connectivity index (χ3v) is 3.34. The summed E-state index contributed by atoms with van der Waals surface area (Å²) in [6, 6.07) is -0.0150. The van der Waals surface area contributed by atoms with Crippen molar-refractivity contribution >= 4 is 6.03 Å². The first-order valence-corrected chi connectivity index (χ1v) is 6.63. The Morgan fingerprint density at radius 2 is 2.32 bits per heavy atom. The van der Waals surface area contributed by atoms with Gasteiger partial charge in [-0.3, -0.25) is 0 Å². The van der Waals surface area contributed by atoms with Gasteiger partial charge in [0.15, 0.2) is 5.82 Å². The summed E-state index contributed by atoms with van der Waals surface area (Å²) >= 11 is 0. The Bertz CT molecular complexity index is 436. The summed E-state index contributed by atoms with van der Waals surface area (Å²) in [6.45, 7) is 7.67. The van der Waals surface area contributed by atoms with E-state index in [0.29, 0.717) is 30.6 Å². The van der Waals surface area contributed by atoms with Crippen LogP contribution in [-0.4, -0.2) is 40.7 Å². The maximum Gasteiger partial charge on any atom is 0.317 e. The predicted octanol–water partition coefficient (Wildman–Crippen LogP) is 1.53. The first-order valence-electron chi connectivity index (χ1n) is 6.63. The van der Waals surface area contributed by atoms with Gasteiger partial charge in [0, 0.05) is 26.1 Å². The number of aromatic nitrogens is 2. The molecule has 0 unspecified atom stereocenters. The van der Waals surface area contributed by atoms with E-state index in [0.717, 1.165) is 25.9 Å². The average Bonchev–Trinajstić information content (AvgIpc) is 2.84. The molecule has 2 rings (SSSR count). The van der Waals surface area contributed by atoms with Crippen LogP contribution in [0.4, 0.5) is 4.79 Å². The molecule has 0 aliphatic carbocycles. The number of hydrogen-bond donors (Lipinski definition) is 1. The fourth-order valence-corrected chi connectivity index (χ4v) is 2.17. The van der Waals surface area contributed by atoms with E-state index in [1.165, 1.54) is 0 Å². The molecule has 0 radical (unpaired) electrons. The van der Waals surface area contributed by atoms with Crippen LogP contribution in [0.3, 0.4) is 0 Å². The van der Waals surface area contributed by atoms with Gasteiger partial charge in [-0.1, -0.05) is 11.2 Å². The minimum Gasteiger partial charge on any atom is -0.339 e. The van der Waals surface area contributed by atoms with Crippen molar-refractivity contribution in [1.82, 2.24) is 20.4 Å². The van der Waals surface area contributed by atoms with E-state index in [1.54, 1.807) is 6.92 Å². The highest BCUT2D eigenvalue weighted by atomic mass is 16.5. The molecule has 1 aromatic rings. The van der Waals surface area contributed by atoms with Crippen LogP contribution in [0.25, 0.3) is 0 Å².